The van der Waals surface area contributed by atoms with E-state index in [4.69, 9.17) is 23.7 Å². The van der Waals surface area contributed by atoms with E-state index in [1.807, 2.05) is 0 Å². The molecular weight excluding hydrogens is 226 g/mol. The highest BCUT2D eigenvalue weighted by Gasteiger charge is 2.45. The highest BCUT2D eigenvalue weighted by atomic mass is 32.1. The molecule has 0 spiro atoms. The van der Waals surface area contributed by atoms with Crippen LogP contribution in [0.15, 0.2) is 0 Å². The molecule has 0 atom stereocenters. The molecule has 1 fully saturated rings. The number of amides is 2. The zero-order chi connectivity index (χ0) is 12.3. The lowest BCUT2D eigenvalue weighted by Gasteiger charge is -2.30. The number of thiocarbonyl (C=S) groups is 1. The van der Waals surface area contributed by atoms with Gasteiger partial charge in [0.15, 0.2) is 0 Å². The summed E-state index contributed by atoms with van der Waals surface area (Å²) >= 11 is 4.99. The minimum Gasteiger partial charge on any atom is -0.392 e. The van der Waals surface area contributed by atoms with Crippen LogP contribution in [0.5, 0.6) is 0 Å². The maximum absolute atomic E-state index is 12.2. The highest BCUT2D eigenvalue weighted by Crippen LogP contribution is 2.39. The molecule has 5 nitrogen and oxygen atoms in total. The van der Waals surface area contributed by atoms with E-state index in [0.717, 1.165) is 12.8 Å². The van der Waals surface area contributed by atoms with Gasteiger partial charge in [-0.2, -0.15) is 0 Å². The molecule has 0 aromatic rings. The predicted octanol–water partition coefficient (Wildman–Crippen LogP) is -0.223. The molecule has 0 saturated heterocycles. The Hall–Kier alpha value is -1.17. The Bertz CT molecular complexity index is 324. The van der Waals surface area contributed by atoms with Crippen LogP contribution in [-0.2, 0) is 9.59 Å². The van der Waals surface area contributed by atoms with E-state index in [0.29, 0.717) is 12.8 Å². The Morgan fingerprint density at radius 1 is 1.31 bits per heavy atom. The van der Waals surface area contributed by atoms with E-state index in [2.05, 4.69) is 0 Å². The summed E-state index contributed by atoms with van der Waals surface area (Å²) in [6.07, 6.45) is 3.22. The van der Waals surface area contributed by atoms with E-state index in [1.54, 1.807) is 7.05 Å². The second-order valence-electron chi connectivity index (χ2n) is 4.28. The van der Waals surface area contributed by atoms with Gasteiger partial charge in [-0.1, -0.05) is 25.1 Å². The smallest absolute Gasteiger partial charge is 0.237 e. The number of hydrogen-bond acceptors (Lipinski definition) is 3. The Labute approximate surface area is 100 Å². The van der Waals surface area contributed by atoms with Gasteiger partial charge in [0.1, 0.15) is 0 Å². The van der Waals surface area contributed by atoms with Gasteiger partial charge in [0.05, 0.1) is 16.9 Å². The van der Waals surface area contributed by atoms with Crippen LogP contribution < -0.4 is 11.5 Å². The lowest BCUT2D eigenvalue weighted by atomic mass is 9.84. The van der Waals surface area contributed by atoms with Crippen molar-refractivity contribution < 1.29 is 9.59 Å². The van der Waals surface area contributed by atoms with Gasteiger partial charge in [-0.05, 0) is 12.8 Å². The monoisotopic (exact) mass is 243 g/mol. The number of carbonyl (C=O) groups excluding carboxylic acids is 2. The summed E-state index contributed by atoms with van der Waals surface area (Å²) in [5, 5.41) is 0. The van der Waals surface area contributed by atoms with Crippen LogP contribution in [0, 0.1) is 5.41 Å². The van der Waals surface area contributed by atoms with Gasteiger partial charge in [0.25, 0.3) is 0 Å². The average molecular weight is 243 g/mol. The molecule has 1 saturated carbocycles. The van der Waals surface area contributed by atoms with Gasteiger partial charge in [0, 0.05) is 7.05 Å². The van der Waals surface area contributed by atoms with Crippen molar-refractivity contribution in [2.24, 2.45) is 16.9 Å². The van der Waals surface area contributed by atoms with E-state index < -0.39 is 11.3 Å². The topological polar surface area (TPSA) is 89.4 Å². The van der Waals surface area contributed by atoms with Crippen molar-refractivity contribution in [3.8, 4) is 0 Å². The molecule has 0 unspecified atom stereocenters. The molecule has 6 heteroatoms. The molecule has 1 rings (SSSR count). The van der Waals surface area contributed by atoms with E-state index >= 15 is 0 Å². The quantitative estimate of drug-likeness (QED) is 0.668. The predicted molar refractivity (Wildman–Crippen MR) is 64.5 cm³/mol. The van der Waals surface area contributed by atoms with Gasteiger partial charge in [-0.15, -0.1) is 0 Å². The van der Waals surface area contributed by atoms with Gasteiger partial charge >= 0.3 is 0 Å². The molecule has 16 heavy (non-hydrogen) atoms. The molecule has 4 N–H and O–H groups in total. The van der Waals surface area contributed by atoms with Crippen molar-refractivity contribution in [3.63, 3.8) is 0 Å². The molecule has 0 heterocycles. The fourth-order valence-electron chi connectivity index (χ4n) is 2.22. The number of rotatable bonds is 4. The van der Waals surface area contributed by atoms with Gasteiger partial charge in [0.2, 0.25) is 11.8 Å². The Morgan fingerprint density at radius 2 is 1.81 bits per heavy atom. The summed E-state index contributed by atoms with van der Waals surface area (Å²) in [5.74, 6) is -0.719. The molecule has 0 bridgehead atoms. The summed E-state index contributed by atoms with van der Waals surface area (Å²) in [5.41, 5.74) is 9.97. The standard InChI is InChI=1S/C10H17N3O2S/c1-13(6-7(11)14)9(15)10(8(12)16)4-2-3-5-10/h2-6H2,1H3,(H2,11,14)(H2,12,16). The molecule has 90 valence electrons. The number of nitrogens with zero attached hydrogens (tertiary/aromatic N) is 1. The molecule has 0 aromatic carbocycles. The first-order valence-corrected chi connectivity index (χ1v) is 5.65. The van der Waals surface area contributed by atoms with Crippen molar-refractivity contribution in [1.29, 1.82) is 0 Å². The number of nitrogens with two attached hydrogens (primary N) is 2. The summed E-state index contributed by atoms with van der Waals surface area (Å²) < 4.78 is 0. The Kier molecular flexibility index (Phi) is 3.85. The van der Waals surface area contributed by atoms with Crippen molar-refractivity contribution in [2.75, 3.05) is 13.6 Å². The fraction of sp³-hybridized carbons (Fsp3) is 0.700. The van der Waals surface area contributed by atoms with Crippen molar-refractivity contribution >= 4 is 29.0 Å². The molecule has 0 aromatic heterocycles. The first kappa shape index (κ1) is 12.9. The lowest BCUT2D eigenvalue weighted by molar-refractivity contribution is -0.139. The van der Waals surface area contributed by atoms with Crippen molar-refractivity contribution in [2.45, 2.75) is 25.7 Å². The maximum atomic E-state index is 12.2. The third-order valence-electron chi connectivity index (χ3n) is 3.08. The molecule has 1 aliphatic carbocycles. The minimum atomic E-state index is -0.750. The van der Waals surface area contributed by atoms with Gasteiger partial charge in [-0.25, -0.2) is 0 Å². The normalized spacial score (nSPS) is 18.1. The molecule has 0 aliphatic heterocycles. The van der Waals surface area contributed by atoms with E-state index in [-0.39, 0.29) is 17.4 Å². The van der Waals surface area contributed by atoms with E-state index in [1.165, 1.54) is 4.90 Å². The van der Waals surface area contributed by atoms with Gasteiger partial charge in [-0.3, -0.25) is 9.59 Å². The third kappa shape index (κ3) is 2.32. The number of carbonyl (C=O) groups is 2. The Morgan fingerprint density at radius 3 is 2.19 bits per heavy atom. The number of hydrogen-bond donors (Lipinski definition) is 2. The SMILES string of the molecule is CN(CC(N)=O)C(=O)C1(C(N)=S)CCCC1. The minimum absolute atomic E-state index is 0.0941. The largest absolute Gasteiger partial charge is 0.392 e. The van der Waals surface area contributed by atoms with Crippen molar-refractivity contribution in [3.05, 3.63) is 0 Å². The van der Waals surface area contributed by atoms with Crippen LogP contribution in [0.3, 0.4) is 0 Å². The van der Waals surface area contributed by atoms with Crippen LogP contribution in [0.2, 0.25) is 0 Å². The van der Waals surface area contributed by atoms with Crippen molar-refractivity contribution in [1.82, 2.24) is 4.90 Å². The number of likely N-dealkylation sites (N-methyl/N-ethyl adjacent to an activating group) is 1. The van der Waals surface area contributed by atoms with Crippen LogP contribution in [-0.4, -0.2) is 35.3 Å². The first-order valence-electron chi connectivity index (χ1n) is 5.24. The average Bonchev–Trinajstić information content (AvgIpc) is 2.65. The van der Waals surface area contributed by atoms with E-state index in [9.17, 15) is 9.59 Å². The molecule has 0 radical (unpaired) electrons. The molecule has 1 aliphatic rings. The number of primary amides is 1. The maximum Gasteiger partial charge on any atom is 0.237 e. The Balaban J connectivity index is 2.84. The molecule has 2 amide bonds. The second-order valence-corrected chi connectivity index (χ2v) is 4.72. The fourth-order valence-corrected chi connectivity index (χ4v) is 2.51. The van der Waals surface area contributed by atoms with Crippen LogP contribution in [0.4, 0.5) is 0 Å². The third-order valence-corrected chi connectivity index (χ3v) is 3.47. The zero-order valence-corrected chi connectivity index (χ0v) is 10.2. The second kappa shape index (κ2) is 4.78. The summed E-state index contributed by atoms with van der Waals surface area (Å²) in [6.45, 7) is -0.0941. The zero-order valence-electron chi connectivity index (χ0n) is 9.36. The molecular formula is C10H17N3O2S. The highest BCUT2D eigenvalue weighted by molar-refractivity contribution is 7.80. The van der Waals surface area contributed by atoms with Crippen LogP contribution in [0.1, 0.15) is 25.7 Å². The summed E-state index contributed by atoms with van der Waals surface area (Å²) in [7, 11) is 1.55. The summed E-state index contributed by atoms with van der Waals surface area (Å²) in [6, 6.07) is 0. The lowest BCUT2D eigenvalue weighted by Crippen LogP contribution is -2.49. The van der Waals surface area contributed by atoms with Crippen LogP contribution in [0.25, 0.3) is 0 Å². The summed E-state index contributed by atoms with van der Waals surface area (Å²) in [4.78, 5) is 24.5. The van der Waals surface area contributed by atoms with Crippen LogP contribution >= 0.6 is 12.2 Å². The van der Waals surface area contributed by atoms with Gasteiger partial charge < -0.3 is 16.4 Å². The first-order chi connectivity index (χ1) is 7.40.